The predicted octanol–water partition coefficient (Wildman–Crippen LogP) is 3.66. The molecule has 2 unspecified atom stereocenters. The van der Waals surface area contributed by atoms with Crippen molar-refractivity contribution in [3.8, 4) is 0 Å². The van der Waals surface area contributed by atoms with E-state index in [0.29, 0.717) is 30.0 Å². The molecule has 24 heavy (non-hydrogen) atoms. The zero-order chi connectivity index (χ0) is 16.6. The zero-order valence-corrected chi connectivity index (χ0v) is 14.9. The molecule has 2 fully saturated rings. The Morgan fingerprint density at radius 1 is 1.21 bits per heavy atom. The summed E-state index contributed by atoms with van der Waals surface area (Å²) in [6.45, 7) is 3.62. The van der Waals surface area contributed by atoms with Gasteiger partial charge in [0.15, 0.2) is 11.6 Å². The van der Waals surface area contributed by atoms with Gasteiger partial charge in [-0.25, -0.2) is 8.78 Å². The van der Waals surface area contributed by atoms with Gasteiger partial charge in [-0.15, -0.1) is 12.4 Å². The maximum atomic E-state index is 13.4. The van der Waals surface area contributed by atoms with E-state index in [-0.39, 0.29) is 18.3 Å². The average molecular weight is 359 g/mol. The Labute approximate surface area is 148 Å². The highest BCUT2D eigenvalue weighted by Gasteiger charge is 2.35. The van der Waals surface area contributed by atoms with Crippen molar-refractivity contribution >= 4 is 18.3 Å². The minimum Gasteiger partial charge on any atom is -0.347 e. The Hall–Kier alpha value is -1.20. The fourth-order valence-electron chi connectivity index (χ4n) is 3.96. The molecule has 2 atom stereocenters. The summed E-state index contributed by atoms with van der Waals surface area (Å²) < 4.78 is 26.5. The van der Waals surface area contributed by atoms with E-state index in [1.54, 1.807) is 0 Å². The molecule has 0 saturated carbocycles. The molecular formula is C18H25ClF2N2O. The smallest absolute Gasteiger partial charge is 0.220 e. The number of hydrogen-bond acceptors (Lipinski definition) is 2. The third-order valence-electron chi connectivity index (χ3n) is 5.14. The summed E-state index contributed by atoms with van der Waals surface area (Å²) in [5, 5.41) is 6.54. The van der Waals surface area contributed by atoms with Crippen molar-refractivity contribution in [2.24, 2.45) is 5.92 Å². The maximum Gasteiger partial charge on any atom is 0.220 e. The van der Waals surface area contributed by atoms with E-state index < -0.39 is 17.2 Å². The third kappa shape index (κ3) is 4.25. The number of piperidine rings is 1. The Morgan fingerprint density at radius 3 is 2.42 bits per heavy atom. The van der Waals surface area contributed by atoms with Crippen LogP contribution in [0.25, 0.3) is 0 Å². The van der Waals surface area contributed by atoms with Gasteiger partial charge in [-0.2, -0.15) is 0 Å². The second kappa shape index (κ2) is 7.36. The first kappa shape index (κ1) is 19.1. The van der Waals surface area contributed by atoms with Crippen LogP contribution in [0.2, 0.25) is 0 Å². The molecule has 2 saturated heterocycles. The van der Waals surface area contributed by atoms with Gasteiger partial charge in [-0.3, -0.25) is 4.79 Å². The van der Waals surface area contributed by atoms with Crippen LogP contribution in [0.5, 0.6) is 0 Å². The van der Waals surface area contributed by atoms with E-state index in [2.05, 4.69) is 10.6 Å². The largest absolute Gasteiger partial charge is 0.347 e. The highest BCUT2D eigenvalue weighted by molar-refractivity contribution is 5.85. The van der Waals surface area contributed by atoms with Gasteiger partial charge in [0.25, 0.3) is 0 Å². The Kier molecular flexibility index (Phi) is 5.87. The number of benzene rings is 1. The van der Waals surface area contributed by atoms with E-state index in [4.69, 9.17) is 0 Å². The van der Waals surface area contributed by atoms with Crippen molar-refractivity contribution < 1.29 is 13.6 Å². The Morgan fingerprint density at radius 2 is 1.83 bits per heavy atom. The minimum absolute atomic E-state index is 0. The van der Waals surface area contributed by atoms with Crippen LogP contribution in [0.3, 0.4) is 0 Å². The molecule has 0 aliphatic carbocycles. The molecule has 134 valence electrons. The Bertz CT molecular complexity index is 597. The molecule has 0 spiro atoms. The number of nitrogens with one attached hydrogen (secondary N) is 2. The topological polar surface area (TPSA) is 41.1 Å². The van der Waals surface area contributed by atoms with Crippen LogP contribution >= 0.6 is 12.4 Å². The number of halogens is 3. The lowest BCUT2D eigenvalue weighted by molar-refractivity contribution is -0.124. The summed E-state index contributed by atoms with van der Waals surface area (Å²) in [5.41, 5.74) is -0.160. The number of hydrogen-bond donors (Lipinski definition) is 2. The number of amides is 1. The normalized spacial score (nSPS) is 25.9. The molecule has 6 heteroatoms. The van der Waals surface area contributed by atoms with Crippen molar-refractivity contribution in [3.63, 3.8) is 0 Å². The summed E-state index contributed by atoms with van der Waals surface area (Å²) in [7, 11) is 0. The van der Waals surface area contributed by atoms with E-state index in [1.807, 2.05) is 13.8 Å². The molecule has 1 amide bonds. The number of carbonyl (C=O) groups excluding carboxylic acids is 1. The van der Waals surface area contributed by atoms with Gasteiger partial charge in [0.05, 0.1) is 5.54 Å². The first-order valence-electron chi connectivity index (χ1n) is 8.36. The fourth-order valence-corrected chi connectivity index (χ4v) is 3.96. The van der Waals surface area contributed by atoms with Crippen LogP contribution in [-0.4, -0.2) is 18.0 Å². The van der Waals surface area contributed by atoms with Gasteiger partial charge < -0.3 is 10.6 Å². The third-order valence-corrected chi connectivity index (χ3v) is 5.14. The Balaban J connectivity index is 0.00000208. The lowest BCUT2D eigenvalue weighted by atomic mass is 9.88. The quantitative estimate of drug-likeness (QED) is 0.862. The van der Waals surface area contributed by atoms with Crippen LogP contribution in [0.1, 0.15) is 51.5 Å². The molecule has 0 radical (unpaired) electrons. The van der Waals surface area contributed by atoms with Crippen LogP contribution in [0, 0.1) is 17.6 Å². The van der Waals surface area contributed by atoms with E-state index in [0.717, 1.165) is 25.0 Å². The maximum absolute atomic E-state index is 13.4. The van der Waals surface area contributed by atoms with Gasteiger partial charge in [0, 0.05) is 18.5 Å². The van der Waals surface area contributed by atoms with E-state index in [9.17, 15) is 13.6 Å². The fraction of sp³-hybridized carbons (Fsp3) is 0.611. The average Bonchev–Trinajstić information content (AvgIpc) is 2.80. The monoisotopic (exact) mass is 358 g/mol. The molecular weight excluding hydrogens is 334 g/mol. The molecule has 3 nitrogen and oxygen atoms in total. The molecule has 2 N–H and O–H groups in total. The molecule has 2 aliphatic rings. The molecule has 2 heterocycles. The van der Waals surface area contributed by atoms with Crippen molar-refractivity contribution in [2.75, 3.05) is 0 Å². The number of rotatable bonds is 4. The van der Waals surface area contributed by atoms with Crippen molar-refractivity contribution in [3.05, 3.63) is 35.4 Å². The van der Waals surface area contributed by atoms with E-state index in [1.165, 1.54) is 18.9 Å². The summed E-state index contributed by atoms with van der Waals surface area (Å²) in [5.74, 6) is -1.37. The van der Waals surface area contributed by atoms with Gasteiger partial charge in [0.1, 0.15) is 0 Å². The molecule has 2 aliphatic heterocycles. The number of fused-ring (bicyclic) bond motifs is 2. The highest BCUT2D eigenvalue weighted by Crippen LogP contribution is 2.33. The molecule has 2 bridgehead atoms. The lowest BCUT2D eigenvalue weighted by Crippen LogP contribution is -2.44. The first-order chi connectivity index (χ1) is 10.8. The summed E-state index contributed by atoms with van der Waals surface area (Å²) in [4.78, 5) is 12.4. The van der Waals surface area contributed by atoms with Crippen LogP contribution in [-0.2, 0) is 10.3 Å². The lowest BCUT2D eigenvalue weighted by Gasteiger charge is -2.31. The van der Waals surface area contributed by atoms with Crippen LogP contribution in [0.15, 0.2) is 18.2 Å². The van der Waals surface area contributed by atoms with Crippen molar-refractivity contribution in [1.29, 1.82) is 0 Å². The van der Waals surface area contributed by atoms with Crippen molar-refractivity contribution in [2.45, 2.75) is 63.6 Å². The molecule has 0 aromatic heterocycles. The number of carbonyl (C=O) groups is 1. The van der Waals surface area contributed by atoms with Gasteiger partial charge in [-0.1, -0.05) is 6.07 Å². The SMILES string of the molecule is CC(C)(NC(=O)CC1CC2CCC(C1)N2)c1ccc(F)c(F)c1.Cl. The second-order valence-corrected chi connectivity index (χ2v) is 7.48. The highest BCUT2D eigenvalue weighted by atomic mass is 35.5. The van der Waals surface area contributed by atoms with Crippen molar-refractivity contribution in [1.82, 2.24) is 10.6 Å². The predicted molar refractivity (Wildman–Crippen MR) is 92.1 cm³/mol. The van der Waals surface area contributed by atoms with Crippen LogP contribution in [0.4, 0.5) is 8.78 Å². The summed E-state index contributed by atoms with van der Waals surface area (Å²) >= 11 is 0. The molecule has 3 rings (SSSR count). The van der Waals surface area contributed by atoms with Gasteiger partial charge >= 0.3 is 0 Å². The van der Waals surface area contributed by atoms with E-state index >= 15 is 0 Å². The summed E-state index contributed by atoms with van der Waals surface area (Å²) in [6, 6.07) is 4.89. The second-order valence-electron chi connectivity index (χ2n) is 7.48. The van der Waals surface area contributed by atoms with Crippen LogP contribution < -0.4 is 10.6 Å². The van der Waals surface area contributed by atoms with Gasteiger partial charge in [0.2, 0.25) is 5.91 Å². The molecule has 1 aromatic carbocycles. The standard InChI is InChI=1S/C18H24F2N2O.ClH/c1-18(2,12-3-6-15(19)16(20)10-12)22-17(23)9-11-7-13-4-5-14(8-11)21-13;/h3,6,10-11,13-14,21H,4-5,7-9H2,1-2H3,(H,22,23);1H. The first-order valence-corrected chi connectivity index (χ1v) is 8.36. The minimum atomic E-state index is -0.889. The zero-order valence-electron chi connectivity index (χ0n) is 14.1. The molecule has 1 aromatic rings. The van der Waals surface area contributed by atoms with Gasteiger partial charge in [-0.05, 0) is 63.1 Å². The summed E-state index contributed by atoms with van der Waals surface area (Å²) in [6.07, 6.45) is 5.03.